The normalized spacial score (nSPS) is 18.5. The third-order valence-corrected chi connectivity index (χ3v) is 4.12. The van der Waals surface area contributed by atoms with Crippen molar-refractivity contribution in [2.75, 3.05) is 13.1 Å². The van der Waals surface area contributed by atoms with Crippen LogP contribution < -0.4 is 0 Å². The SMILES string of the molecule is O=C(O)c1cc(F)ccc1CN(CC1CC1)CC1CC1. The van der Waals surface area contributed by atoms with Crippen molar-refractivity contribution in [1.82, 2.24) is 4.90 Å². The number of aromatic carboxylic acids is 1. The monoisotopic (exact) mass is 277 g/mol. The highest BCUT2D eigenvalue weighted by molar-refractivity contribution is 5.89. The van der Waals surface area contributed by atoms with Crippen LogP contribution in [0.25, 0.3) is 0 Å². The van der Waals surface area contributed by atoms with Crippen LogP contribution in [0.1, 0.15) is 41.6 Å². The molecule has 2 aliphatic rings. The number of carbonyl (C=O) groups is 1. The van der Waals surface area contributed by atoms with Gasteiger partial charge < -0.3 is 5.11 Å². The summed E-state index contributed by atoms with van der Waals surface area (Å²) in [5, 5.41) is 9.21. The summed E-state index contributed by atoms with van der Waals surface area (Å²) in [6.07, 6.45) is 5.15. The summed E-state index contributed by atoms with van der Waals surface area (Å²) in [7, 11) is 0. The topological polar surface area (TPSA) is 40.5 Å². The van der Waals surface area contributed by atoms with Crippen LogP contribution in [0.15, 0.2) is 18.2 Å². The lowest BCUT2D eigenvalue weighted by Gasteiger charge is -2.23. The maximum Gasteiger partial charge on any atom is 0.336 e. The minimum atomic E-state index is -1.04. The van der Waals surface area contributed by atoms with Crippen molar-refractivity contribution < 1.29 is 14.3 Å². The molecular weight excluding hydrogens is 257 g/mol. The van der Waals surface area contributed by atoms with Gasteiger partial charge in [0.15, 0.2) is 0 Å². The van der Waals surface area contributed by atoms with Crippen molar-refractivity contribution in [3.63, 3.8) is 0 Å². The van der Waals surface area contributed by atoms with Gasteiger partial charge in [-0.15, -0.1) is 0 Å². The molecule has 0 atom stereocenters. The van der Waals surface area contributed by atoms with Gasteiger partial charge in [-0.05, 0) is 55.2 Å². The second kappa shape index (κ2) is 5.52. The van der Waals surface area contributed by atoms with Crippen LogP contribution >= 0.6 is 0 Å². The van der Waals surface area contributed by atoms with E-state index in [2.05, 4.69) is 4.90 Å². The zero-order valence-corrected chi connectivity index (χ0v) is 11.5. The Morgan fingerprint density at radius 1 is 1.20 bits per heavy atom. The number of benzene rings is 1. The molecular formula is C16H20FNO2. The number of carboxylic acid groups (broad SMARTS) is 1. The molecule has 2 saturated carbocycles. The van der Waals surface area contributed by atoms with E-state index in [0.717, 1.165) is 36.6 Å². The first kappa shape index (κ1) is 13.6. The van der Waals surface area contributed by atoms with Crippen LogP contribution in [-0.4, -0.2) is 29.1 Å². The number of rotatable bonds is 7. The van der Waals surface area contributed by atoms with Crippen molar-refractivity contribution in [3.8, 4) is 0 Å². The fourth-order valence-electron chi connectivity index (χ4n) is 2.66. The van der Waals surface area contributed by atoms with Crippen LogP contribution in [0.4, 0.5) is 4.39 Å². The predicted molar refractivity (Wildman–Crippen MR) is 74.1 cm³/mol. The lowest BCUT2D eigenvalue weighted by atomic mass is 10.1. The van der Waals surface area contributed by atoms with E-state index in [4.69, 9.17) is 0 Å². The zero-order valence-electron chi connectivity index (χ0n) is 11.5. The fraction of sp³-hybridized carbons (Fsp3) is 0.562. The first-order valence-electron chi connectivity index (χ1n) is 7.36. The first-order valence-corrected chi connectivity index (χ1v) is 7.36. The van der Waals surface area contributed by atoms with E-state index in [1.165, 1.54) is 31.7 Å². The molecule has 1 N–H and O–H groups in total. The van der Waals surface area contributed by atoms with Crippen LogP contribution in [-0.2, 0) is 6.54 Å². The lowest BCUT2D eigenvalue weighted by Crippen LogP contribution is -2.28. The second-order valence-electron chi connectivity index (χ2n) is 6.19. The smallest absolute Gasteiger partial charge is 0.336 e. The van der Waals surface area contributed by atoms with Crippen molar-refractivity contribution in [2.24, 2.45) is 11.8 Å². The van der Waals surface area contributed by atoms with Crippen molar-refractivity contribution in [2.45, 2.75) is 32.2 Å². The molecule has 3 rings (SSSR count). The number of hydrogen-bond acceptors (Lipinski definition) is 2. The molecule has 0 amide bonds. The standard InChI is InChI=1S/C16H20FNO2/c17-14-6-5-13(15(7-14)16(19)20)10-18(8-11-1-2-11)9-12-3-4-12/h5-7,11-12H,1-4,8-10H2,(H,19,20). The molecule has 0 saturated heterocycles. The quantitative estimate of drug-likeness (QED) is 0.832. The molecule has 0 radical (unpaired) electrons. The first-order chi connectivity index (χ1) is 9.61. The van der Waals surface area contributed by atoms with Crippen molar-refractivity contribution in [1.29, 1.82) is 0 Å². The summed E-state index contributed by atoms with van der Waals surface area (Å²) in [5.41, 5.74) is 0.821. The van der Waals surface area contributed by atoms with Gasteiger partial charge in [0, 0.05) is 19.6 Å². The molecule has 2 fully saturated rings. The second-order valence-corrected chi connectivity index (χ2v) is 6.19. The van der Waals surface area contributed by atoms with Gasteiger partial charge >= 0.3 is 5.97 Å². The van der Waals surface area contributed by atoms with Crippen LogP contribution in [0.2, 0.25) is 0 Å². The molecule has 4 heteroatoms. The molecule has 0 heterocycles. The highest BCUT2D eigenvalue weighted by Gasteiger charge is 2.29. The van der Waals surface area contributed by atoms with E-state index < -0.39 is 11.8 Å². The van der Waals surface area contributed by atoms with Crippen LogP contribution in [0.5, 0.6) is 0 Å². The number of carboxylic acids is 1. The summed E-state index contributed by atoms with van der Waals surface area (Å²) >= 11 is 0. The number of halogens is 1. The van der Waals surface area contributed by atoms with Gasteiger partial charge in [0.05, 0.1) is 5.56 Å². The zero-order chi connectivity index (χ0) is 14.1. The molecule has 0 aromatic heterocycles. The van der Waals surface area contributed by atoms with E-state index in [-0.39, 0.29) is 5.56 Å². The summed E-state index contributed by atoms with van der Waals surface area (Å²) in [6.45, 7) is 2.72. The van der Waals surface area contributed by atoms with Gasteiger partial charge in [-0.25, -0.2) is 9.18 Å². The molecule has 1 aromatic rings. The Labute approximate surface area is 118 Å². The largest absolute Gasteiger partial charge is 0.478 e. The summed E-state index contributed by atoms with van der Waals surface area (Å²) < 4.78 is 13.2. The maximum atomic E-state index is 13.2. The molecule has 20 heavy (non-hydrogen) atoms. The van der Waals surface area contributed by atoms with Gasteiger partial charge in [0.2, 0.25) is 0 Å². The Morgan fingerprint density at radius 3 is 2.30 bits per heavy atom. The van der Waals surface area contributed by atoms with Gasteiger partial charge in [-0.2, -0.15) is 0 Å². The van der Waals surface area contributed by atoms with Gasteiger partial charge in [0.1, 0.15) is 5.82 Å². The molecule has 0 bridgehead atoms. The molecule has 0 aliphatic heterocycles. The molecule has 108 valence electrons. The Bertz CT molecular complexity index is 495. The van der Waals surface area contributed by atoms with E-state index in [1.54, 1.807) is 6.07 Å². The van der Waals surface area contributed by atoms with Gasteiger partial charge in [-0.3, -0.25) is 4.90 Å². The third kappa shape index (κ3) is 3.57. The van der Waals surface area contributed by atoms with E-state index in [0.29, 0.717) is 6.54 Å². The predicted octanol–water partition coefficient (Wildman–Crippen LogP) is 3.15. The van der Waals surface area contributed by atoms with E-state index in [1.807, 2.05) is 0 Å². The summed E-state index contributed by atoms with van der Waals surface area (Å²) in [6, 6.07) is 4.10. The molecule has 0 spiro atoms. The average molecular weight is 277 g/mol. The van der Waals surface area contributed by atoms with Gasteiger partial charge in [0.25, 0.3) is 0 Å². The Hall–Kier alpha value is -1.42. The Kier molecular flexibility index (Phi) is 3.74. The molecule has 1 aromatic carbocycles. The fourth-order valence-corrected chi connectivity index (χ4v) is 2.66. The van der Waals surface area contributed by atoms with Gasteiger partial charge in [-0.1, -0.05) is 6.07 Å². The summed E-state index contributed by atoms with van der Waals surface area (Å²) in [5.74, 6) is 0.0318. The molecule has 0 unspecified atom stereocenters. The lowest BCUT2D eigenvalue weighted by molar-refractivity contribution is 0.0693. The van der Waals surface area contributed by atoms with Crippen LogP contribution in [0, 0.1) is 17.7 Å². The molecule has 2 aliphatic carbocycles. The van der Waals surface area contributed by atoms with E-state index in [9.17, 15) is 14.3 Å². The summed E-state index contributed by atoms with van der Waals surface area (Å²) in [4.78, 5) is 13.6. The molecule has 3 nitrogen and oxygen atoms in total. The minimum absolute atomic E-state index is 0.0987. The highest BCUT2D eigenvalue weighted by Crippen LogP contribution is 2.34. The minimum Gasteiger partial charge on any atom is -0.478 e. The highest BCUT2D eigenvalue weighted by atomic mass is 19.1. The maximum absolute atomic E-state index is 13.2. The van der Waals surface area contributed by atoms with Crippen molar-refractivity contribution in [3.05, 3.63) is 35.1 Å². The van der Waals surface area contributed by atoms with Crippen molar-refractivity contribution >= 4 is 5.97 Å². The number of hydrogen-bond donors (Lipinski definition) is 1. The van der Waals surface area contributed by atoms with E-state index >= 15 is 0 Å². The number of nitrogens with zero attached hydrogens (tertiary/aromatic N) is 1. The average Bonchev–Trinajstić information content (AvgIpc) is 3.27. The Balaban J connectivity index is 1.73. The van der Waals surface area contributed by atoms with Crippen LogP contribution in [0.3, 0.4) is 0 Å². The third-order valence-electron chi connectivity index (χ3n) is 4.12. The Morgan fingerprint density at radius 2 is 1.80 bits per heavy atom.